The second kappa shape index (κ2) is 10.6. The van der Waals surface area contributed by atoms with Gasteiger partial charge in [-0.3, -0.25) is 0 Å². The third-order valence-electron chi connectivity index (χ3n) is 4.97. The lowest BCUT2D eigenvalue weighted by atomic mass is 9.78. The maximum atomic E-state index is 5.82. The van der Waals surface area contributed by atoms with Gasteiger partial charge in [-0.2, -0.15) is 4.99 Å². The summed E-state index contributed by atoms with van der Waals surface area (Å²) in [4.78, 5) is 3.94. The van der Waals surface area contributed by atoms with Crippen molar-refractivity contribution < 1.29 is 4.74 Å². The smallest absolute Gasteiger partial charge is 0.119 e. The number of hydrogen-bond donors (Lipinski definition) is 0. The number of hydrogen-bond acceptors (Lipinski definition) is 3. The lowest BCUT2D eigenvalue weighted by Crippen LogP contribution is -2.15. The zero-order chi connectivity index (χ0) is 16.3. The number of nitrogens with zero attached hydrogens (tertiary/aromatic N) is 1. The number of aliphatic imine (C=N–C) groups is 1. The van der Waals surface area contributed by atoms with E-state index in [1.54, 1.807) is 0 Å². The Morgan fingerprint density at radius 3 is 2.22 bits per heavy atom. The van der Waals surface area contributed by atoms with Crippen LogP contribution in [0.5, 0.6) is 5.75 Å². The monoisotopic (exact) mass is 331 g/mol. The van der Waals surface area contributed by atoms with Crippen molar-refractivity contribution in [2.75, 3.05) is 6.61 Å². The molecule has 0 N–H and O–H groups in total. The van der Waals surface area contributed by atoms with Gasteiger partial charge in [0.05, 0.1) is 17.5 Å². The molecular formula is C20H29NOS. The van der Waals surface area contributed by atoms with E-state index in [-0.39, 0.29) is 0 Å². The highest BCUT2D eigenvalue weighted by molar-refractivity contribution is 7.78. The summed E-state index contributed by atoms with van der Waals surface area (Å²) in [6, 6.07) is 7.72. The Morgan fingerprint density at radius 2 is 1.65 bits per heavy atom. The molecule has 126 valence electrons. The normalized spacial score (nSPS) is 20.7. The summed E-state index contributed by atoms with van der Waals surface area (Å²) in [6.07, 6.45) is 12.4. The molecule has 0 spiro atoms. The van der Waals surface area contributed by atoms with Crippen LogP contribution in [0.4, 0.5) is 5.69 Å². The van der Waals surface area contributed by atoms with Gasteiger partial charge < -0.3 is 4.74 Å². The molecule has 1 aromatic carbocycles. The first kappa shape index (κ1) is 18.2. The number of unbranched alkanes of at least 4 members (excludes halogenated alkanes) is 1. The molecule has 3 heteroatoms. The molecule has 1 fully saturated rings. The predicted molar refractivity (Wildman–Crippen MR) is 101 cm³/mol. The number of rotatable bonds is 9. The summed E-state index contributed by atoms with van der Waals surface area (Å²) < 4.78 is 5.82. The summed E-state index contributed by atoms with van der Waals surface area (Å²) in [6.45, 7) is 3.11. The van der Waals surface area contributed by atoms with Gasteiger partial charge in [-0.1, -0.05) is 51.9 Å². The highest BCUT2D eigenvalue weighted by Gasteiger charge is 2.20. The second-order valence-corrected chi connectivity index (χ2v) is 6.90. The van der Waals surface area contributed by atoms with Crippen LogP contribution in [-0.4, -0.2) is 11.8 Å². The number of thiocarbonyl (C=S) groups is 1. The van der Waals surface area contributed by atoms with E-state index in [0.29, 0.717) is 0 Å². The number of isothiocyanates is 1. The van der Waals surface area contributed by atoms with Crippen LogP contribution in [0.1, 0.15) is 64.7 Å². The highest BCUT2D eigenvalue weighted by Crippen LogP contribution is 2.34. The van der Waals surface area contributed by atoms with Crippen LogP contribution in [-0.2, 0) is 0 Å². The highest BCUT2D eigenvalue weighted by atomic mass is 32.1. The topological polar surface area (TPSA) is 21.6 Å². The average Bonchev–Trinajstić information content (AvgIpc) is 2.59. The van der Waals surface area contributed by atoms with Crippen molar-refractivity contribution in [2.24, 2.45) is 16.8 Å². The zero-order valence-corrected chi connectivity index (χ0v) is 15.1. The van der Waals surface area contributed by atoms with Crippen LogP contribution in [0.25, 0.3) is 0 Å². The molecule has 1 saturated carbocycles. The first-order valence-corrected chi connectivity index (χ1v) is 9.53. The molecule has 2 rings (SSSR count). The Balaban J connectivity index is 1.58. The van der Waals surface area contributed by atoms with E-state index >= 15 is 0 Å². The maximum absolute atomic E-state index is 5.82. The van der Waals surface area contributed by atoms with Crippen molar-refractivity contribution in [3.05, 3.63) is 24.3 Å². The molecule has 0 radical (unpaired) electrons. The van der Waals surface area contributed by atoms with Crippen LogP contribution in [0, 0.1) is 11.8 Å². The maximum Gasteiger partial charge on any atom is 0.119 e. The summed E-state index contributed by atoms with van der Waals surface area (Å²) in [5.41, 5.74) is 0.826. The molecule has 2 nitrogen and oxygen atoms in total. The van der Waals surface area contributed by atoms with Crippen molar-refractivity contribution >= 4 is 23.1 Å². The molecule has 0 atom stereocenters. The van der Waals surface area contributed by atoms with Crippen molar-refractivity contribution in [1.82, 2.24) is 0 Å². The van der Waals surface area contributed by atoms with Crippen molar-refractivity contribution in [2.45, 2.75) is 64.7 Å². The molecule has 0 unspecified atom stereocenters. The summed E-state index contributed by atoms with van der Waals surface area (Å²) in [7, 11) is 0. The summed E-state index contributed by atoms with van der Waals surface area (Å²) >= 11 is 4.59. The minimum atomic E-state index is 0.811. The lowest BCUT2D eigenvalue weighted by Gasteiger charge is -2.28. The molecule has 0 bridgehead atoms. The van der Waals surface area contributed by atoms with Crippen LogP contribution < -0.4 is 4.74 Å². The van der Waals surface area contributed by atoms with Gasteiger partial charge in [-0.05, 0) is 61.2 Å². The van der Waals surface area contributed by atoms with Crippen molar-refractivity contribution in [3.63, 3.8) is 0 Å². The van der Waals surface area contributed by atoms with E-state index in [9.17, 15) is 0 Å². The first-order valence-electron chi connectivity index (χ1n) is 9.12. The summed E-state index contributed by atoms with van der Waals surface area (Å²) in [5, 5.41) is 2.37. The molecule has 1 aliphatic carbocycles. The Morgan fingerprint density at radius 1 is 1.04 bits per heavy atom. The average molecular weight is 332 g/mol. The Bertz CT molecular complexity index is 485. The fraction of sp³-hybridized carbons (Fsp3) is 0.650. The quantitative estimate of drug-likeness (QED) is 0.290. The van der Waals surface area contributed by atoms with Gasteiger partial charge in [-0.25, -0.2) is 0 Å². The van der Waals surface area contributed by atoms with Gasteiger partial charge in [0.25, 0.3) is 0 Å². The standard InChI is InChI=1S/C20H29NOS/c1-2-3-5-17-7-9-18(10-8-17)6-4-15-22-20-13-11-19(12-14-20)21-16-23/h11-14,17-18H,2-10,15H2,1H3/t17-,18-. The first-order chi connectivity index (χ1) is 11.3. The van der Waals surface area contributed by atoms with Gasteiger partial charge in [0.2, 0.25) is 0 Å². The SMILES string of the molecule is CCCC[C@H]1CC[C@H](CCCOc2ccc(N=C=S)cc2)CC1. The molecule has 0 amide bonds. The number of ether oxygens (including phenoxy) is 1. The van der Waals surface area contributed by atoms with E-state index in [2.05, 4.69) is 29.3 Å². The fourth-order valence-electron chi connectivity index (χ4n) is 3.53. The van der Waals surface area contributed by atoms with Gasteiger partial charge in [0.15, 0.2) is 0 Å². The minimum Gasteiger partial charge on any atom is -0.494 e. The van der Waals surface area contributed by atoms with Crippen LogP contribution >= 0.6 is 12.2 Å². The predicted octanol–water partition coefficient (Wildman–Crippen LogP) is 6.58. The van der Waals surface area contributed by atoms with E-state index in [1.165, 1.54) is 51.4 Å². The molecule has 0 saturated heterocycles. The van der Waals surface area contributed by atoms with Crippen LogP contribution in [0.3, 0.4) is 0 Å². The van der Waals surface area contributed by atoms with E-state index < -0.39 is 0 Å². The Labute approximate surface area is 146 Å². The molecular weight excluding hydrogens is 302 g/mol. The number of benzene rings is 1. The van der Waals surface area contributed by atoms with Crippen molar-refractivity contribution in [3.8, 4) is 5.75 Å². The van der Waals surface area contributed by atoms with E-state index in [4.69, 9.17) is 4.74 Å². The zero-order valence-electron chi connectivity index (χ0n) is 14.3. The molecule has 0 aromatic heterocycles. The largest absolute Gasteiger partial charge is 0.494 e. The molecule has 1 aliphatic rings. The van der Waals surface area contributed by atoms with Crippen LogP contribution in [0.15, 0.2) is 29.3 Å². The lowest BCUT2D eigenvalue weighted by molar-refractivity contribution is 0.228. The third kappa shape index (κ3) is 6.85. The third-order valence-corrected chi connectivity index (χ3v) is 5.06. The fourth-order valence-corrected chi connectivity index (χ4v) is 3.64. The van der Waals surface area contributed by atoms with Crippen molar-refractivity contribution in [1.29, 1.82) is 0 Å². The van der Waals surface area contributed by atoms with E-state index in [0.717, 1.165) is 36.3 Å². The summed E-state index contributed by atoms with van der Waals surface area (Å²) in [5.74, 6) is 2.85. The minimum absolute atomic E-state index is 0.811. The molecule has 0 heterocycles. The molecule has 23 heavy (non-hydrogen) atoms. The Hall–Kier alpha value is -1.18. The molecule has 0 aliphatic heterocycles. The van der Waals surface area contributed by atoms with Gasteiger partial charge in [0.1, 0.15) is 5.75 Å². The second-order valence-electron chi connectivity index (χ2n) is 6.72. The van der Waals surface area contributed by atoms with E-state index in [1.807, 2.05) is 24.3 Å². The molecule has 1 aromatic rings. The van der Waals surface area contributed by atoms with Gasteiger partial charge >= 0.3 is 0 Å². The Kier molecular flexibility index (Phi) is 8.35. The van der Waals surface area contributed by atoms with Gasteiger partial charge in [-0.15, -0.1) is 0 Å². The van der Waals surface area contributed by atoms with Gasteiger partial charge in [0, 0.05) is 0 Å². The van der Waals surface area contributed by atoms with Crippen LogP contribution in [0.2, 0.25) is 0 Å².